The van der Waals surface area contributed by atoms with Crippen molar-refractivity contribution in [2.75, 3.05) is 19.8 Å². The van der Waals surface area contributed by atoms with Gasteiger partial charge in [0.15, 0.2) is 11.5 Å². The standard InChI is InChI=1S/C18H23NO4/c1-13(14-5-2-3-6-14)18(21)19-8-10-22-12-15(19)11-16(20)17-7-4-9-23-17/h4,7,9,15H,2-3,5-6,8,10-12H2,1H3. The van der Waals surface area contributed by atoms with Gasteiger partial charge in [0, 0.05) is 18.5 Å². The highest BCUT2D eigenvalue weighted by Gasteiger charge is 2.31. The van der Waals surface area contributed by atoms with Gasteiger partial charge in [-0.05, 0) is 44.7 Å². The lowest BCUT2D eigenvalue weighted by Gasteiger charge is -2.35. The fourth-order valence-electron chi connectivity index (χ4n) is 3.39. The number of ketones is 1. The number of furan rings is 1. The molecular weight excluding hydrogens is 294 g/mol. The molecule has 1 aliphatic carbocycles. The van der Waals surface area contributed by atoms with Crippen molar-refractivity contribution in [1.29, 1.82) is 0 Å². The van der Waals surface area contributed by atoms with Crippen LogP contribution in [0.15, 0.2) is 34.0 Å². The van der Waals surface area contributed by atoms with Crippen molar-refractivity contribution < 1.29 is 18.7 Å². The number of allylic oxidation sites excluding steroid dienone is 1. The van der Waals surface area contributed by atoms with Crippen LogP contribution in [-0.4, -0.2) is 42.4 Å². The Balaban J connectivity index is 1.72. The molecule has 1 aromatic rings. The van der Waals surface area contributed by atoms with Crippen LogP contribution in [0.4, 0.5) is 0 Å². The van der Waals surface area contributed by atoms with Crippen LogP contribution in [0.5, 0.6) is 0 Å². The normalized spacial score (nSPS) is 21.5. The van der Waals surface area contributed by atoms with Gasteiger partial charge >= 0.3 is 0 Å². The van der Waals surface area contributed by atoms with Gasteiger partial charge in [-0.1, -0.05) is 5.57 Å². The van der Waals surface area contributed by atoms with Crippen LogP contribution >= 0.6 is 0 Å². The molecule has 1 aliphatic heterocycles. The lowest BCUT2D eigenvalue weighted by molar-refractivity contribution is -0.135. The Kier molecular flexibility index (Phi) is 4.96. The third kappa shape index (κ3) is 3.55. The highest BCUT2D eigenvalue weighted by atomic mass is 16.5. The first-order valence-electron chi connectivity index (χ1n) is 8.31. The first-order chi connectivity index (χ1) is 11.2. The van der Waals surface area contributed by atoms with Gasteiger partial charge in [0.2, 0.25) is 5.91 Å². The number of hydrogen-bond donors (Lipinski definition) is 0. The number of hydrogen-bond acceptors (Lipinski definition) is 4. The van der Waals surface area contributed by atoms with E-state index in [1.165, 1.54) is 24.7 Å². The van der Waals surface area contributed by atoms with Gasteiger partial charge in [0.05, 0.1) is 25.5 Å². The summed E-state index contributed by atoms with van der Waals surface area (Å²) in [5, 5.41) is 0. The molecule has 1 atom stereocenters. The molecule has 1 saturated heterocycles. The predicted molar refractivity (Wildman–Crippen MR) is 85.1 cm³/mol. The molecular formula is C18H23NO4. The van der Waals surface area contributed by atoms with Crippen LogP contribution < -0.4 is 0 Å². The number of carbonyl (C=O) groups excluding carboxylic acids is 2. The molecule has 23 heavy (non-hydrogen) atoms. The summed E-state index contributed by atoms with van der Waals surface area (Å²) < 4.78 is 10.7. The topological polar surface area (TPSA) is 59.8 Å². The molecule has 1 amide bonds. The monoisotopic (exact) mass is 317 g/mol. The van der Waals surface area contributed by atoms with Crippen LogP contribution in [0, 0.1) is 0 Å². The maximum atomic E-state index is 12.8. The Bertz CT molecular complexity index is 595. The van der Waals surface area contributed by atoms with Crippen molar-refractivity contribution in [2.45, 2.75) is 45.1 Å². The Hall–Kier alpha value is -1.88. The number of ether oxygens (including phenoxy) is 1. The van der Waals surface area contributed by atoms with Gasteiger partial charge in [-0.15, -0.1) is 0 Å². The summed E-state index contributed by atoms with van der Waals surface area (Å²) in [6, 6.07) is 3.14. The second-order valence-electron chi connectivity index (χ2n) is 6.27. The van der Waals surface area contributed by atoms with E-state index in [-0.39, 0.29) is 24.2 Å². The van der Waals surface area contributed by atoms with E-state index in [0.29, 0.717) is 25.5 Å². The molecule has 0 N–H and O–H groups in total. The van der Waals surface area contributed by atoms with Crippen molar-refractivity contribution >= 4 is 11.7 Å². The van der Waals surface area contributed by atoms with E-state index in [1.807, 2.05) is 11.8 Å². The maximum absolute atomic E-state index is 12.8. The van der Waals surface area contributed by atoms with Crippen molar-refractivity contribution in [1.82, 2.24) is 4.90 Å². The Labute approximate surface area is 136 Å². The second-order valence-corrected chi connectivity index (χ2v) is 6.27. The Morgan fingerprint density at radius 3 is 2.78 bits per heavy atom. The summed E-state index contributed by atoms with van der Waals surface area (Å²) >= 11 is 0. The largest absolute Gasteiger partial charge is 0.461 e. The minimum Gasteiger partial charge on any atom is -0.461 e. The summed E-state index contributed by atoms with van der Waals surface area (Å²) in [6.45, 7) is 3.39. The third-order valence-electron chi connectivity index (χ3n) is 4.76. The second kappa shape index (κ2) is 7.13. The maximum Gasteiger partial charge on any atom is 0.249 e. The Morgan fingerprint density at radius 2 is 2.09 bits per heavy atom. The molecule has 1 unspecified atom stereocenters. The molecule has 0 spiro atoms. The molecule has 5 heteroatoms. The molecule has 1 aromatic heterocycles. The summed E-state index contributed by atoms with van der Waals surface area (Å²) in [7, 11) is 0. The van der Waals surface area contributed by atoms with Crippen molar-refractivity contribution in [3.05, 3.63) is 35.3 Å². The fraction of sp³-hybridized carbons (Fsp3) is 0.556. The van der Waals surface area contributed by atoms with Gasteiger partial charge < -0.3 is 14.1 Å². The van der Waals surface area contributed by atoms with E-state index in [9.17, 15) is 9.59 Å². The molecule has 2 heterocycles. The van der Waals surface area contributed by atoms with Crippen LogP contribution in [0.25, 0.3) is 0 Å². The molecule has 1 saturated carbocycles. The lowest BCUT2D eigenvalue weighted by Crippen LogP contribution is -2.50. The zero-order valence-corrected chi connectivity index (χ0v) is 13.5. The molecule has 3 rings (SSSR count). The molecule has 2 aliphatic rings. The molecule has 0 radical (unpaired) electrons. The van der Waals surface area contributed by atoms with E-state index in [2.05, 4.69) is 0 Å². The van der Waals surface area contributed by atoms with Gasteiger partial charge in [0.1, 0.15) is 0 Å². The van der Waals surface area contributed by atoms with E-state index in [4.69, 9.17) is 9.15 Å². The zero-order valence-electron chi connectivity index (χ0n) is 13.5. The van der Waals surface area contributed by atoms with E-state index < -0.39 is 0 Å². The van der Waals surface area contributed by atoms with Gasteiger partial charge in [0.25, 0.3) is 0 Å². The van der Waals surface area contributed by atoms with Gasteiger partial charge in [-0.2, -0.15) is 0 Å². The number of morpholine rings is 1. The number of rotatable bonds is 4. The predicted octanol–water partition coefficient (Wildman–Crippen LogP) is 2.97. The molecule has 124 valence electrons. The van der Waals surface area contributed by atoms with Gasteiger partial charge in [-0.3, -0.25) is 9.59 Å². The number of nitrogens with zero attached hydrogens (tertiary/aromatic N) is 1. The smallest absolute Gasteiger partial charge is 0.249 e. The first-order valence-corrected chi connectivity index (χ1v) is 8.31. The number of amides is 1. The summed E-state index contributed by atoms with van der Waals surface area (Å²) in [5.74, 6) is 0.311. The minimum absolute atomic E-state index is 0.0578. The van der Waals surface area contributed by atoms with Crippen LogP contribution in [-0.2, 0) is 9.53 Å². The van der Waals surface area contributed by atoms with Gasteiger partial charge in [-0.25, -0.2) is 0 Å². The average Bonchev–Trinajstić information content (AvgIpc) is 3.27. The summed E-state index contributed by atoms with van der Waals surface area (Å²) in [4.78, 5) is 26.9. The SMILES string of the molecule is CC(C(=O)N1CCOCC1CC(=O)c1ccco1)=C1CCCC1. The summed E-state index contributed by atoms with van der Waals surface area (Å²) in [6.07, 6.45) is 6.12. The Morgan fingerprint density at radius 1 is 1.30 bits per heavy atom. The number of carbonyl (C=O) groups is 2. The molecule has 5 nitrogen and oxygen atoms in total. The number of Topliss-reactive ketones (excluding diaryl/α,β-unsaturated/α-hetero) is 1. The van der Waals surface area contributed by atoms with Crippen molar-refractivity contribution in [2.24, 2.45) is 0 Å². The first kappa shape index (κ1) is 16.0. The zero-order chi connectivity index (χ0) is 16.2. The van der Waals surface area contributed by atoms with E-state index in [1.54, 1.807) is 12.1 Å². The molecule has 0 aromatic carbocycles. The van der Waals surface area contributed by atoms with E-state index in [0.717, 1.165) is 18.4 Å². The molecule has 2 fully saturated rings. The van der Waals surface area contributed by atoms with Crippen LogP contribution in [0.3, 0.4) is 0 Å². The summed E-state index contributed by atoms with van der Waals surface area (Å²) in [5.41, 5.74) is 2.14. The quantitative estimate of drug-likeness (QED) is 0.633. The highest BCUT2D eigenvalue weighted by Crippen LogP contribution is 2.28. The molecule has 0 bridgehead atoms. The minimum atomic E-state index is -0.217. The lowest BCUT2D eigenvalue weighted by atomic mass is 10.0. The highest BCUT2D eigenvalue weighted by molar-refractivity contribution is 5.96. The van der Waals surface area contributed by atoms with Crippen LogP contribution in [0.2, 0.25) is 0 Å². The van der Waals surface area contributed by atoms with E-state index >= 15 is 0 Å². The van der Waals surface area contributed by atoms with Crippen molar-refractivity contribution in [3.63, 3.8) is 0 Å². The average molecular weight is 317 g/mol. The van der Waals surface area contributed by atoms with Crippen molar-refractivity contribution in [3.8, 4) is 0 Å². The third-order valence-corrected chi connectivity index (χ3v) is 4.76. The van der Waals surface area contributed by atoms with Crippen LogP contribution in [0.1, 0.15) is 49.6 Å². The fourth-order valence-corrected chi connectivity index (χ4v) is 3.39.